The molecule has 1 amide bonds. The minimum atomic E-state index is -0.0793. The van der Waals surface area contributed by atoms with Crippen LogP contribution in [0.3, 0.4) is 0 Å². The van der Waals surface area contributed by atoms with E-state index in [2.05, 4.69) is 15.6 Å². The molecule has 2 aromatic carbocycles. The number of halogens is 1. The molecule has 0 aromatic heterocycles. The summed E-state index contributed by atoms with van der Waals surface area (Å²) in [6, 6.07) is 15.0. The Morgan fingerprint density at radius 3 is 2.52 bits per heavy atom. The van der Waals surface area contributed by atoms with Gasteiger partial charge in [0.15, 0.2) is 5.96 Å². The third kappa shape index (κ3) is 7.73. The SMILES string of the molecule is COc1ccc(OC)c(NC(N)=NCCC(=O)NCc2ccccc2)c1.I. The number of aliphatic imine (C=N–C) groups is 1. The Kier molecular flexibility index (Phi) is 10.0. The van der Waals surface area contributed by atoms with Crippen molar-refractivity contribution in [3.63, 3.8) is 0 Å². The fraction of sp³-hybridized carbons (Fsp3) is 0.263. The van der Waals surface area contributed by atoms with Crippen molar-refractivity contribution in [2.45, 2.75) is 13.0 Å². The van der Waals surface area contributed by atoms with Gasteiger partial charge in [-0.3, -0.25) is 9.79 Å². The smallest absolute Gasteiger partial charge is 0.222 e. The van der Waals surface area contributed by atoms with Gasteiger partial charge in [0, 0.05) is 19.0 Å². The predicted octanol–water partition coefficient (Wildman–Crippen LogP) is 2.75. The molecule has 0 aliphatic rings. The predicted molar refractivity (Wildman–Crippen MR) is 118 cm³/mol. The Labute approximate surface area is 176 Å². The van der Waals surface area contributed by atoms with Gasteiger partial charge in [0.1, 0.15) is 11.5 Å². The highest BCUT2D eigenvalue weighted by molar-refractivity contribution is 14.0. The lowest BCUT2D eigenvalue weighted by atomic mass is 10.2. The average Bonchev–Trinajstić information content (AvgIpc) is 2.67. The van der Waals surface area contributed by atoms with Gasteiger partial charge < -0.3 is 25.8 Å². The first kappa shape index (κ1) is 22.6. The molecule has 0 bridgehead atoms. The molecule has 27 heavy (non-hydrogen) atoms. The van der Waals surface area contributed by atoms with E-state index in [1.54, 1.807) is 32.4 Å². The van der Waals surface area contributed by atoms with Gasteiger partial charge in [-0.25, -0.2) is 0 Å². The van der Waals surface area contributed by atoms with Crippen molar-refractivity contribution >= 4 is 41.5 Å². The molecule has 0 heterocycles. The summed E-state index contributed by atoms with van der Waals surface area (Å²) in [7, 11) is 3.15. The first-order valence-corrected chi connectivity index (χ1v) is 8.22. The van der Waals surface area contributed by atoms with Crippen LogP contribution in [0.2, 0.25) is 0 Å². The van der Waals surface area contributed by atoms with Gasteiger partial charge in [0.25, 0.3) is 0 Å². The van der Waals surface area contributed by atoms with E-state index in [1.165, 1.54) is 0 Å². The normalized spacial score (nSPS) is 10.5. The third-order valence-corrected chi connectivity index (χ3v) is 3.62. The van der Waals surface area contributed by atoms with E-state index >= 15 is 0 Å². The monoisotopic (exact) mass is 484 g/mol. The van der Waals surface area contributed by atoms with Crippen molar-refractivity contribution in [2.24, 2.45) is 10.7 Å². The van der Waals surface area contributed by atoms with Crippen molar-refractivity contribution in [3.8, 4) is 11.5 Å². The molecule has 0 spiro atoms. The van der Waals surface area contributed by atoms with Crippen LogP contribution in [-0.2, 0) is 11.3 Å². The summed E-state index contributed by atoms with van der Waals surface area (Å²) in [6.45, 7) is 0.782. The summed E-state index contributed by atoms with van der Waals surface area (Å²) >= 11 is 0. The van der Waals surface area contributed by atoms with Gasteiger partial charge in [-0.15, -0.1) is 24.0 Å². The maximum absolute atomic E-state index is 11.9. The van der Waals surface area contributed by atoms with E-state index < -0.39 is 0 Å². The number of nitrogens with one attached hydrogen (secondary N) is 2. The lowest BCUT2D eigenvalue weighted by Crippen LogP contribution is -2.26. The van der Waals surface area contributed by atoms with Crippen LogP contribution in [0.1, 0.15) is 12.0 Å². The highest BCUT2D eigenvalue weighted by atomic mass is 127. The summed E-state index contributed by atoms with van der Waals surface area (Å²) in [5.74, 6) is 1.41. The highest BCUT2D eigenvalue weighted by Gasteiger charge is 2.06. The molecule has 2 aromatic rings. The zero-order chi connectivity index (χ0) is 18.8. The number of ether oxygens (including phenoxy) is 2. The van der Waals surface area contributed by atoms with Gasteiger partial charge in [0.2, 0.25) is 5.91 Å². The maximum atomic E-state index is 11.9. The molecule has 0 aliphatic carbocycles. The van der Waals surface area contributed by atoms with Crippen molar-refractivity contribution in [1.82, 2.24) is 5.32 Å². The number of rotatable bonds is 8. The van der Waals surface area contributed by atoms with Gasteiger partial charge in [-0.2, -0.15) is 0 Å². The minimum Gasteiger partial charge on any atom is -0.497 e. The Morgan fingerprint density at radius 1 is 1.11 bits per heavy atom. The van der Waals surface area contributed by atoms with Crippen LogP contribution >= 0.6 is 24.0 Å². The first-order valence-electron chi connectivity index (χ1n) is 8.22. The van der Waals surface area contributed by atoms with Gasteiger partial charge in [0.05, 0.1) is 26.5 Å². The third-order valence-electron chi connectivity index (χ3n) is 3.62. The molecular weight excluding hydrogens is 459 g/mol. The number of carbonyl (C=O) groups excluding carboxylic acids is 1. The fourth-order valence-electron chi connectivity index (χ4n) is 2.25. The zero-order valence-corrected chi connectivity index (χ0v) is 17.7. The number of anilines is 1. The molecule has 146 valence electrons. The lowest BCUT2D eigenvalue weighted by molar-refractivity contribution is -0.121. The molecule has 0 fully saturated rings. The van der Waals surface area contributed by atoms with Crippen LogP contribution in [0.4, 0.5) is 5.69 Å². The topological polar surface area (TPSA) is 98.0 Å². The Hall–Kier alpha value is -2.49. The van der Waals surface area contributed by atoms with Crippen molar-refractivity contribution < 1.29 is 14.3 Å². The second-order valence-corrected chi connectivity index (χ2v) is 5.47. The van der Waals surface area contributed by atoms with Crippen molar-refractivity contribution in [2.75, 3.05) is 26.1 Å². The summed E-state index contributed by atoms with van der Waals surface area (Å²) in [5.41, 5.74) is 7.57. The lowest BCUT2D eigenvalue weighted by Gasteiger charge is -2.12. The summed E-state index contributed by atoms with van der Waals surface area (Å²) in [6.07, 6.45) is 0.254. The second-order valence-electron chi connectivity index (χ2n) is 5.47. The molecule has 0 unspecified atom stereocenters. The first-order chi connectivity index (χ1) is 12.6. The number of methoxy groups -OCH3 is 2. The highest BCUT2D eigenvalue weighted by Crippen LogP contribution is 2.28. The summed E-state index contributed by atoms with van der Waals surface area (Å²) < 4.78 is 10.5. The molecule has 0 aliphatic heterocycles. The number of nitrogens with two attached hydrogens (primary N) is 1. The van der Waals surface area contributed by atoms with Gasteiger partial charge in [-0.1, -0.05) is 30.3 Å². The van der Waals surface area contributed by atoms with E-state index in [-0.39, 0.29) is 48.8 Å². The van der Waals surface area contributed by atoms with E-state index in [4.69, 9.17) is 15.2 Å². The summed E-state index contributed by atoms with van der Waals surface area (Å²) in [4.78, 5) is 16.0. The summed E-state index contributed by atoms with van der Waals surface area (Å²) in [5, 5.41) is 5.81. The Morgan fingerprint density at radius 2 is 1.85 bits per heavy atom. The second kappa shape index (κ2) is 12.0. The number of benzene rings is 2. The molecule has 7 nitrogen and oxygen atoms in total. The zero-order valence-electron chi connectivity index (χ0n) is 15.4. The molecule has 0 atom stereocenters. The number of nitrogens with zero attached hydrogens (tertiary/aromatic N) is 1. The van der Waals surface area contributed by atoms with Crippen LogP contribution in [0, 0.1) is 0 Å². The van der Waals surface area contributed by atoms with Crippen LogP contribution < -0.4 is 25.8 Å². The molecule has 0 saturated carbocycles. The molecule has 0 radical (unpaired) electrons. The maximum Gasteiger partial charge on any atom is 0.222 e. The van der Waals surface area contributed by atoms with Crippen LogP contribution in [-0.4, -0.2) is 32.6 Å². The van der Waals surface area contributed by atoms with E-state index in [0.29, 0.717) is 23.7 Å². The number of amides is 1. The van der Waals surface area contributed by atoms with Crippen LogP contribution in [0.25, 0.3) is 0 Å². The molecule has 8 heteroatoms. The fourth-order valence-corrected chi connectivity index (χ4v) is 2.25. The van der Waals surface area contributed by atoms with Crippen LogP contribution in [0.5, 0.6) is 11.5 Å². The van der Waals surface area contributed by atoms with Crippen molar-refractivity contribution in [1.29, 1.82) is 0 Å². The minimum absolute atomic E-state index is 0. The van der Waals surface area contributed by atoms with Gasteiger partial charge >= 0.3 is 0 Å². The van der Waals surface area contributed by atoms with Crippen LogP contribution in [0.15, 0.2) is 53.5 Å². The number of hydrogen-bond donors (Lipinski definition) is 3. The quantitative estimate of drug-likeness (QED) is 0.304. The Bertz CT molecular complexity index is 754. The Balaban J connectivity index is 0.00000364. The van der Waals surface area contributed by atoms with E-state index in [1.807, 2.05) is 30.3 Å². The number of carbonyl (C=O) groups is 1. The molecule has 4 N–H and O–H groups in total. The number of guanidine groups is 1. The van der Waals surface area contributed by atoms with E-state index in [0.717, 1.165) is 5.56 Å². The van der Waals surface area contributed by atoms with E-state index in [9.17, 15) is 4.79 Å². The standard InChI is InChI=1S/C19H24N4O3.HI/c1-25-15-8-9-17(26-2)16(12-15)23-19(20)21-11-10-18(24)22-13-14-6-4-3-5-7-14;/h3-9,12H,10-11,13H2,1-2H3,(H,22,24)(H3,20,21,23);1H. The van der Waals surface area contributed by atoms with Gasteiger partial charge in [-0.05, 0) is 17.7 Å². The van der Waals surface area contributed by atoms with Crippen molar-refractivity contribution in [3.05, 3.63) is 54.1 Å². The molecular formula is C19H25IN4O3. The molecule has 0 saturated heterocycles. The molecule has 2 rings (SSSR count). The average molecular weight is 484 g/mol. The number of hydrogen-bond acceptors (Lipinski definition) is 4. The largest absolute Gasteiger partial charge is 0.497 e.